The molecule has 3 aromatic rings. The van der Waals surface area contributed by atoms with Gasteiger partial charge in [-0.15, -0.1) is 0 Å². The molecule has 1 aliphatic carbocycles. The van der Waals surface area contributed by atoms with Crippen molar-refractivity contribution in [3.05, 3.63) is 48.8 Å². The van der Waals surface area contributed by atoms with Crippen LogP contribution in [0.4, 0.5) is 5.82 Å². The summed E-state index contributed by atoms with van der Waals surface area (Å²) in [6.45, 7) is 1.83. The van der Waals surface area contributed by atoms with E-state index in [0.29, 0.717) is 12.1 Å². The Morgan fingerprint density at radius 2 is 1.85 bits per heavy atom. The molecule has 5 rings (SSSR count). The predicted molar refractivity (Wildman–Crippen MR) is 102 cm³/mol. The van der Waals surface area contributed by atoms with E-state index in [1.54, 1.807) is 12.4 Å². The minimum atomic E-state index is 0.329. The van der Waals surface area contributed by atoms with Gasteiger partial charge >= 0.3 is 0 Å². The van der Waals surface area contributed by atoms with Crippen molar-refractivity contribution in [3.63, 3.8) is 0 Å². The molecular formula is C21H22N4O. The van der Waals surface area contributed by atoms with Crippen molar-refractivity contribution >= 4 is 16.7 Å². The fourth-order valence-corrected chi connectivity index (χ4v) is 4.26. The molecule has 2 aromatic heterocycles. The SMILES string of the molecule is c1ccc2c(N3CCCOC4CCCC43)nc(-c3ccncc3)nc2c1. The van der Waals surface area contributed by atoms with Crippen molar-refractivity contribution in [1.82, 2.24) is 15.0 Å². The van der Waals surface area contributed by atoms with Crippen LogP contribution in [0, 0.1) is 0 Å². The van der Waals surface area contributed by atoms with E-state index in [-0.39, 0.29) is 0 Å². The number of ether oxygens (including phenoxy) is 1. The van der Waals surface area contributed by atoms with Gasteiger partial charge in [0.25, 0.3) is 0 Å². The molecule has 1 aliphatic heterocycles. The van der Waals surface area contributed by atoms with Crippen LogP contribution in [0.1, 0.15) is 25.7 Å². The van der Waals surface area contributed by atoms with Crippen LogP contribution in [0.3, 0.4) is 0 Å². The Kier molecular flexibility index (Phi) is 4.02. The van der Waals surface area contributed by atoms with Crippen LogP contribution in [0.5, 0.6) is 0 Å². The number of aromatic nitrogens is 3. The zero-order chi connectivity index (χ0) is 17.3. The second kappa shape index (κ2) is 6.65. The number of fused-ring (bicyclic) bond motifs is 2. The molecule has 2 unspecified atom stereocenters. The van der Waals surface area contributed by atoms with Crippen LogP contribution in [-0.4, -0.2) is 40.2 Å². The maximum absolute atomic E-state index is 6.11. The van der Waals surface area contributed by atoms with Crippen molar-refractivity contribution in [3.8, 4) is 11.4 Å². The van der Waals surface area contributed by atoms with E-state index in [9.17, 15) is 0 Å². The van der Waals surface area contributed by atoms with Crippen molar-refractivity contribution in [2.75, 3.05) is 18.1 Å². The van der Waals surface area contributed by atoms with E-state index in [1.165, 1.54) is 12.8 Å². The highest BCUT2D eigenvalue weighted by Crippen LogP contribution is 2.35. The van der Waals surface area contributed by atoms with E-state index in [1.807, 2.05) is 18.2 Å². The first-order valence-corrected chi connectivity index (χ1v) is 9.45. The van der Waals surface area contributed by atoms with Gasteiger partial charge in [0, 0.05) is 36.5 Å². The zero-order valence-electron chi connectivity index (χ0n) is 14.7. The Morgan fingerprint density at radius 3 is 2.77 bits per heavy atom. The van der Waals surface area contributed by atoms with Gasteiger partial charge in [-0.3, -0.25) is 4.98 Å². The summed E-state index contributed by atoms with van der Waals surface area (Å²) in [7, 11) is 0. The van der Waals surface area contributed by atoms with Crippen molar-refractivity contribution in [2.45, 2.75) is 37.8 Å². The smallest absolute Gasteiger partial charge is 0.162 e. The van der Waals surface area contributed by atoms with E-state index < -0.39 is 0 Å². The molecule has 3 heterocycles. The Balaban J connectivity index is 1.68. The average Bonchev–Trinajstić information content (AvgIpc) is 3.07. The fourth-order valence-electron chi connectivity index (χ4n) is 4.26. The van der Waals surface area contributed by atoms with Gasteiger partial charge in [-0.25, -0.2) is 9.97 Å². The minimum absolute atomic E-state index is 0.329. The summed E-state index contributed by atoms with van der Waals surface area (Å²) in [6, 6.07) is 12.7. The van der Waals surface area contributed by atoms with E-state index >= 15 is 0 Å². The van der Waals surface area contributed by atoms with Crippen molar-refractivity contribution in [1.29, 1.82) is 0 Å². The molecule has 0 amide bonds. The van der Waals surface area contributed by atoms with E-state index in [4.69, 9.17) is 14.7 Å². The largest absolute Gasteiger partial charge is 0.376 e. The molecule has 2 fully saturated rings. The molecule has 2 aliphatic rings. The number of rotatable bonds is 2. The van der Waals surface area contributed by atoms with Crippen LogP contribution in [0.2, 0.25) is 0 Å². The van der Waals surface area contributed by atoms with Crippen molar-refractivity contribution in [2.24, 2.45) is 0 Å². The number of benzene rings is 1. The maximum Gasteiger partial charge on any atom is 0.162 e. The summed E-state index contributed by atoms with van der Waals surface area (Å²) in [5.74, 6) is 1.81. The number of anilines is 1. The Morgan fingerprint density at radius 1 is 0.962 bits per heavy atom. The lowest BCUT2D eigenvalue weighted by Gasteiger charge is -2.32. The topological polar surface area (TPSA) is 51.1 Å². The quantitative estimate of drug-likeness (QED) is 0.706. The second-order valence-electron chi connectivity index (χ2n) is 7.08. The van der Waals surface area contributed by atoms with Gasteiger partial charge in [0.15, 0.2) is 5.82 Å². The van der Waals surface area contributed by atoms with Gasteiger partial charge in [0.2, 0.25) is 0 Å². The number of pyridine rings is 1. The van der Waals surface area contributed by atoms with Gasteiger partial charge in [0.05, 0.1) is 17.7 Å². The number of para-hydroxylation sites is 1. The molecule has 132 valence electrons. The molecule has 1 aromatic carbocycles. The third-order valence-corrected chi connectivity index (χ3v) is 5.49. The van der Waals surface area contributed by atoms with Crippen LogP contribution >= 0.6 is 0 Å². The van der Waals surface area contributed by atoms with Crippen LogP contribution < -0.4 is 4.90 Å². The summed E-state index contributed by atoms with van der Waals surface area (Å²) >= 11 is 0. The number of hydrogen-bond donors (Lipinski definition) is 0. The van der Waals surface area contributed by atoms with Gasteiger partial charge in [0.1, 0.15) is 5.82 Å². The third-order valence-electron chi connectivity index (χ3n) is 5.49. The standard InChI is InChI=1S/C21H22N4O/c1-2-6-17-16(5-1)21(24-20(23-17)15-9-11-22-12-10-15)25-13-4-14-26-19-8-3-7-18(19)25/h1-2,5-6,9-12,18-19H,3-4,7-8,13-14H2. The highest BCUT2D eigenvalue weighted by Gasteiger charge is 2.36. The zero-order valence-corrected chi connectivity index (χ0v) is 14.7. The van der Waals surface area contributed by atoms with Gasteiger partial charge < -0.3 is 9.64 Å². The van der Waals surface area contributed by atoms with Gasteiger partial charge in [-0.2, -0.15) is 0 Å². The first-order valence-electron chi connectivity index (χ1n) is 9.45. The van der Waals surface area contributed by atoms with Gasteiger partial charge in [-0.1, -0.05) is 12.1 Å². The number of nitrogens with zero attached hydrogens (tertiary/aromatic N) is 4. The molecule has 2 atom stereocenters. The molecule has 0 bridgehead atoms. The maximum atomic E-state index is 6.11. The molecule has 5 nitrogen and oxygen atoms in total. The molecule has 0 N–H and O–H groups in total. The predicted octanol–water partition coefficient (Wildman–Crippen LogP) is 3.84. The second-order valence-corrected chi connectivity index (χ2v) is 7.08. The van der Waals surface area contributed by atoms with Crippen LogP contribution in [0.25, 0.3) is 22.3 Å². The lowest BCUT2D eigenvalue weighted by molar-refractivity contribution is 0.0591. The molecule has 1 saturated heterocycles. The van der Waals surface area contributed by atoms with E-state index in [2.05, 4.69) is 28.1 Å². The molecule has 0 spiro atoms. The number of hydrogen-bond acceptors (Lipinski definition) is 5. The molecule has 0 radical (unpaired) electrons. The average molecular weight is 346 g/mol. The Hall–Kier alpha value is -2.53. The van der Waals surface area contributed by atoms with E-state index in [0.717, 1.165) is 54.1 Å². The van der Waals surface area contributed by atoms with Gasteiger partial charge in [-0.05, 0) is 49.9 Å². The summed E-state index contributed by atoms with van der Waals surface area (Å²) in [6.07, 6.45) is 8.51. The lowest BCUT2D eigenvalue weighted by Crippen LogP contribution is -2.40. The summed E-state index contributed by atoms with van der Waals surface area (Å²) in [4.78, 5) is 16.4. The first kappa shape index (κ1) is 15.7. The minimum Gasteiger partial charge on any atom is -0.376 e. The highest BCUT2D eigenvalue weighted by molar-refractivity contribution is 5.91. The molecule has 1 saturated carbocycles. The molecule has 5 heteroatoms. The monoisotopic (exact) mass is 346 g/mol. The van der Waals surface area contributed by atoms with Crippen LogP contribution in [-0.2, 0) is 4.74 Å². The lowest BCUT2D eigenvalue weighted by atomic mass is 10.1. The normalized spacial score (nSPS) is 23.0. The molecular weight excluding hydrogens is 324 g/mol. The third kappa shape index (κ3) is 2.72. The molecule has 26 heavy (non-hydrogen) atoms. The highest BCUT2D eigenvalue weighted by atomic mass is 16.5. The Labute approximate surface area is 153 Å². The fraction of sp³-hybridized carbons (Fsp3) is 0.381. The summed E-state index contributed by atoms with van der Waals surface area (Å²) < 4.78 is 6.11. The van der Waals surface area contributed by atoms with Crippen molar-refractivity contribution < 1.29 is 4.74 Å². The summed E-state index contributed by atoms with van der Waals surface area (Å²) in [5, 5.41) is 1.12. The Bertz CT molecular complexity index is 914. The first-order chi connectivity index (χ1) is 12.9. The summed E-state index contributed by atoms with van der Waals surface area (Å²) in [5.41, 5.74) is 1.99. The van der Waals surface area contributed by atoms with Crippen LogP contribution in [0.15, 0.2) is 48.8 Å².